The maximum atomic E-state index is 13.3. The Morgan fingerprint density at radius 2 is 1.83 bits per heavy atom. The Kier molecular flexibility index (Phi) is 4.64. The second-order valence-corrected chi connectivity index (χ2v) is 5.50. The van der Waals surface area contributed by atoms with Gasteiger partial charge in [0.25, 0.3) is 5.91 Å². The Morgan fingerprint density at radius 3 is 2.50 bits per heavy atom. The van der Waals surface area contributed by atoms with Crippen LogP contribution in [0.25, 0.3) is 0 Å². The average molecular weight is 333 g/mol. The van der Waals surface area contributed by atoms with Crippen LogP contribution in [-0.2, 0) is 0 Å². The van der Waals surface area contributed by atoms with Gasteiger partial charge in [0.05, 0.1) is 6.54 Å². The summed E-state index contributed by atoms with van der Waals surface area (Å²) in [7, 11) is 0. The standard InChI is InChI=1S/C18H17F2NO3/c1-2-21(18(22)12-7-13(19)9-14(20)8-12)10-15-11-23-16-5-3-4-6-17(16)24-15/h3-9,15H,2,10-11H2,1H3/t15-/m1/s1. The smallest absolute Gasteiger partial charge is 0.254 e. The molecule has 1 amide bonds. The second-order valence-electron chi connectivity index (χ2n) is 5.50. The maximum Gasteiger partial charge on any atom is 0.254 e. The van der Waals surface area contributed by atoms with Crippen molar-refractivity contribution < 1.29 is 23.0 Å². The van der Waals surface area contributed by atoms with Gasteiger partial charge in [0.2, 0.25) is 0 Å². The number of benzene rings is 2. The average Bonchev–Trinajstić information content (AvgIpc) is 2.58. The lowest BCUT2D eigenvalue weighted by Crippen LogP contribution is -2.43. The Hall–Kier alpha value is -2.63. The third-order valence-electron chi connectivity index (χ3n) is 3.77. The van der Waals surface area contributed by atoms with E-state index in [0.29, 0.717) is 24.7 Å². The van der Waals surface area contributed by atoms with Crippen molar-refractivity contribution in [1.29, 1.82) is 0 Å². The Bertz CT molecular complexity index is 731. The van der Waals surface area contributed by atoms with Gasteiger partial charge in [0.15, 0.2) is 17.6 Å². The van der Waals surface area contributed by atoms with E-state index in [4.69, 9.17) is 9.47 Å². The van der Waals surface area contributed by atoms with Crippen LogP contribution < -0.4 is 9.47 Å². The molecule has 0 unspecified atom stereocenters. The molecule has 2 aromatic rings. The quantitative estimate of drug-likeness (QED) is 0.862. The van der Waals surface area contributed by atoms with Gasteiger partial charge in [-0.3, -0.25) is 4.79 Å². The van der Waals surface area contributed by atoms with Gasteiger partial charge >= 0.3 is 0 Å². The minimum absolute atomic E-state index is 0.0218. The molecule has 126 valence electrons. The fourth-order valence-electron chi connectivity index (χ4n) is 2.61. The monoisotopic (exact) mass is 333 g/mol. The van der Waals surface area contributed by atoms with Crippen molar-refractivity contribution in [2.75, 3.05) is 19.7 Å². The lowest BCUT2D eigenvalue weighted by atomic mass is 10.1. The fourth-order valence-corrected chi connectivity index (χ4v) is 2.61. The van der Waals surface area contributed by atoms with Crippen molar-refractivity contribution in [3.8, 4) is 11.5 Å². The topological polar surface area (TPSA) is 38.8 Å². The van der Waals surface area contributed by atoms with Crippen molar-refractivity contribution >= 4 is 5.91 Å². The first kappa shape index (κ1) is 16.2. The number of likely N-dealkylation sites (N-methyl/N-ethyl adjacent to an activating group) is 1. The van der Waals surface area contributed by atoms with Crippen LogP contribution >= 0.6 is 0 Å². The zero-order valence-corrected chi connectivity index (χ0v) is 13.2. The molecule has 0 fully saturated rings. The number of carbonyl (C=O) groups excluding carboxylic acids is 1. The van der Waals surface area contributed by atoms with Gasteiger partial charge < -0.3 is 14.4 Å². The Labute approximate surface area is 138 Å². The fraction of sp³-hybridized carbons (Fsp3) is 0.278. The van der Waals surface area contributed by atoms with E-state index >= 15 is 0 Å². The minimum Gasteiger partial charge on any atom is -0.486 e. The molecule has 4 nitrogen and oxygen atoms in total. The Morgan fingerprint density at radius 1 is 1.17 bits per heavy atom. The summed E-state index contributed by atoms with van der Waals surface area (Å²) >= 11 is 0. The largest absolute Gasteiger partial charge is 0.486 e. The van der Waals surface area contributed by atoms with Gasteiger partial charge in [0, 0.05) is 18.2 Å². The van der Waals surface area contributed by atoms with Crippen LogP contribution in [0, 0.1) is 11.6 Å². The van der Waals surface area contributed by atoms with Crippen LogP contribution in [0.4, 0.5) is 8.78 Å². The highest BCUT2D eigenvalue weighted by molar-refractivity contribution is 5.94. The molecule has 1 aliphatic rings. The van der Waals surface area contributed by atoms with Crippen LogP contribution in [0.15, 0.2) is 42.5 Å². The van der Waals surface area contributed by atoms with Crippen molar-refractivity contribution in [3.63, 3.8) is 0 Å². The molecule has 0 saturated heterocycles. The third kappa shape index (κ3) is 3.48. The molecule has 0 radical (unpaired) electrons. The summed E-state index contributed by atoms with van der Waals surface area (Å²) in [5.41, 5.74) is -0.0218. The first-order valence-corrected chi connectivity index (χ1v) is 7.70. The number of halogens is 2. The summed E-state index contributed by atoms with van der Waals surface area (Å²) in [5, 5.41) is 0. The molecular formula is C18H17F2NO3. The van der Waals surface area contributed by atoms with Crippen LogP contribution in [0.2, 0.25) is 0 Å². The molecule has 1 aliphatic heterocycles. The summed E-state index contributed by atoms with van der Waals surface area (Å²) in [6, 6.07) is 10.1. The molecular weight excluding hydrogens is 316 g/mol. The lowest BCUT2D eigenvalue weighted by Gasteiger charge is -2.31. The number of nitrogens with zero attached hydrogens (tertiary/aromatic N) is 1. The minimum atomic E-state index is -0.777. The summed E-state index contributed by atoms with van der Waals surface area (Å²) < 4.78 is 38.1. The van der Waals surface area contributed by atoms with Crippen LogP contribution in [0.5, 0.6) is 11.5 Å². The number of rotatable bonds is 4. The second kappa shape index (κ2) is 6.86. The van der Waals surface area contributed by atoms with E-state index in [9.17, 15) is 13.6 Å². The predicted molar refractivity (Wildman–Crippen MR) is 84.3 cm³/mol. The summed E-state index contributed by atoms with van der Waals surface area (Å²) in [6.45, 7) is 2.75. The van der Waals surface area contributed by atoms with Gasteiger partial charge in [-0.25, -0.2) is 8.78 Å². The molecule has 3 rings (SSSR count). The maximum absolute atomic E-state index is 13.3. The first-order valence-electron chi connectivity index (χ1n) is 7.70. The third-order valence-corrected chi connectivity index (χ3v) is 3.77. The van der Waals surface area contributed by atoms with E-state index in [1.807, 2.05) is 18.2 Å². The highest BCUT2D eigenvalue weighted by atomic mass is 19.1. The first-order chi connectivity index (χ1) is 11.6. The predicted octanol–water partition coefficient (Wildman–Crippen LogP) is 3.27. The van der Waals surface area contributed by atoms with Gasteiger partial charge in [-0.05, 0) is 31.2 Å². The van der Waals surface area contributed by atoms with Gasteiger partial charge in [-0.2, -0.15) is 0 Å². The SMILES string of the molecule is CCN(C[C@@H]1COc2ccccc2O1)C(=O)c1cc(F)cc(F)c1. The van der Waals surface area contributed by atoms with Gasteiger partial charge in [-0.1, -0.05) is 12.1 Å². The van der Waals surface area contributed by atoms with E-state index in [2.05, 4.69) is 0 Å². The highest BCUT2D eigenvalue weighted by Gasteiger charge is 2.25. The summed E-state index contributed by atoms with van der Waals surface area (Å²) in [6.07, 6.45) is -0.345. The lowest BCUT2D eigenvalue weighted by molar-refractivity contribution is 0.0474. The number of para-hydroxylation sites is 2. The van der Waals surface area contributed by atoms with Crippen LogP contribution in [0.3, 0.4) is 0 Å². The molecule has 0 aromatic heterocycles. The summed E-state index contributed by atoms with van der Waals surface area (Å²) in [4.78, 5) is 14.0. The number of ether oxygens (including phenoxy) is 2. The van der Waals surface area contributed by atoms with E-state index < -0.39 is 17.5 Å². The number of hydrogen-bond donors (Lipinski definition) is 0. The summed E-state index contributed by atoms with van der Waals surface area (Å²) in [5.74, 6) is -0.719. The van der Waals surface area contributed by atoms with Gasteiger partial charge in [0.1, 0.15) is 18.2 Å². The molecule has 2 aromatic carbocycles. The number of amides is 1. The van der Waals surface area contributed by atoms with Crippen molar-refractivity contribution in [2.24, 2.45) is 0 Å². The van der Waals surface area contributed by atoms with E-state index in [1.54, 1.807) is 13.0 Å². The molecule has 1 atom stereocenters. The highest BCUT2D eigenvalue weighted by Crippen LogP contribution is 2.31. The van der Waals surface area contributed by atoms with Gasteiger partial charge in [-0.15, -0.1) is 0 Å². The zero-order chi connectivity index (χ0) is 17.1. The normalized spacial score (nSPS) is 15.9. The van der Waals surface area contributed by atoms with E-state index in [1.165, 1.54) is 4.90 Å². The molecule has 0 saturated carbocycles. The number of carbonyl (C=O) groups is 1. The van der Waals surface area contributed by atoms with E-state index in [-0.39, 0.29) is 18.2 Å². The zero-order valence-electron chi connectivity index (χ0n) is 13.2. The van der Waals surface area contributed by atoms with E-state index in [0.717, 1.165) is 18.2 Å². The molecule has 24 heavy (non-hydrogen) atoms. The van der Waals surface area contributed by atoms with Crippen molar-refractivity contribution in [1.82, 2.24) is 4.90 Å². The molecule has 0 spiro atoms. The number of hydrogen-bond acceptors (Lipinski definition) is 3. The van der Waals surface area contributed by atoms with Crippen LogP contribution in [0.1, 0.15) is 17.3 Å². The molecule has 0 bridgehead atoms. The number of fused-ring (bicyclic) bond motifs is 1. The van der Waals surface area contributed by atoms with Crippen LogP contribution in [-0.4, -0.2) is 36.6 Å². The molecule has 0 aliphatic carbocycles. The molecule has 1 heterocycles. The Balaban J connectivity index is 1.72. The van der Waals surface area contributed by atoms with Crippen molar-refractivity contribution in [2.45, 2.75) is 13.0 Å². The van der Waals surface area contributed by atoms with Crippen molar-refractivity contribution in [3.05, 3.63) is 59.7 Å². The molecule has 0 N–H and O–H groups in total. The molecule has 6 heteroatoms.